The Hall–Kier alpha value is -0.970. The lowest BCUT2D eigenvalue weighted by Crippen LogP contribution is -2.42. The minimum Gasteiger partial charge on any atom is -0.379 e. The number of benzene rings is 1. The minimum atomic E-state index is -0.199. The van der Waals surface area contributed by atoms with Crippen LogP contribution in [-0.2, 0) is 4.74 Å². The molecule has 2 aliphatic heterocycles. The van der Waals surface area contributed by atoms with E-state index in [-0.39, 0.29) is 35.8 Å². The Balaban J connectivity index is 0.00000272. The first-order chi connectivity index (χ1) is 14.7. The summed E-state index contributed by atoms with van der Waals surface area (Å²) in [5.74, 6) is 1.37. The lowest BCUT2D eigenvalue weighted by molar-refractivity contribution is 0.0179. The zero-order valence-corrected chi connectivity index (χ0v) is 20.9. The molecule has 6 nitrogen and oxygen atoms in total. The average Bonchev–Trinajstić information content (AvgIpc) is 3.52. The molecule has 3 fully saturated rings. The number of aliphatic imine (C=N–C) groups is 1. The van der Waals surface area contributed by atoms with Crippen molar-refractivity contribution in [3.05, 3.63) is 35.6 Å². The number of halogens is 2. The highest BCUT2D eigenvalue weighted by Crippen LogP contribution is 2.31. The third kappa shape index (κ3) is 7.27. The first kappa shape index (κ1) is 24.7. The van der Waals surface area contributed by atoms with Crippen molar-refractivity contribution in [1.82, 2.24) is 20.4 Å². The predicted molar refractivity (Wildman–Crippen MR) is 134 cm³/mol. The van der Waals surface area contributed by atoms with Gasteiger partial charge in [0, 0.05) is 38.8 Å². The van der Waals surface area contributed by atoms with Gasteiger partial charge in [-0.15, -0.1) is 24.0 Å². The standard InChI is InChI=1S/C23H36FN5O.HI/c1-2-25-23(26-15-18-9-10-29(17-18)21-7-8-21)27-16-22(28-11-13-30-14-12-28)19-3-5-20(24)6-4-19;/h3-6,18,21-22H,2,7-17H2,1H3,(H2,25,26,27);1H. The van der Waals surface area contributed by atoms with Crippen molar-refractivity contribution in [2.45, 2.75) is 38.3 Å². The van der Waals surface area contributed by atoms with E-state index in [1.807, 2.05) is 12.1 Å². The summed E-state index contributed by atoms with van der Waals surface area (Å²) in [6.45, 7) is 10.2. The number of hydrogen-bond acceptors (Lipinski definition) is 4. The number of nitrogens with zero attached hydrogens (tertiary/aromatic N) is 3. The Morgan fingerprint density at radius 1 is 1.13 bits per heavy atom. The second-order valence-electron chi connectivity index (χ2n) is 8.70. The SMILES string of the molecule is CCNC(=NCC(c1ccc(F)cc1)N1CCOCC1)NCC1CCN(C2CC2)C1.I. The van der Waals surface area contributed by atoms with Crippen molar-refractivity contribution >= 4 is 29.9 Å². The number of likely N-dealkylation sites (tertiary alicyclic amines) is 1. The lowest BCUT2D eigenvalue weighted by Gasteiger charge is -2.34. The van der Waals surface area contributed by atoms with E-state index < -0.39 is 0 Å². The first-order valence-electron chi connectivity index (χ1n) is 11.6. The maximum absolute atomic E-state index is 13.5. The quantitative estimate of drug-likeness (QED) is 0.299. The Bertz CT molecular complexity index is 694. The maximum Gasteiger partial charge on any atom is 0.191 e. The predicted octanol–water partition coefficient (Wildman–Crippen LogP) is 2.86. The van der Waals surface area contributed by atoms with Crippen molar-refractivity contribution < 1.29 is 9.13 Å². The molecule has 4 rings (SSSR count). The fourth-order valence-corrected chi connectivity index (χ4v) is 4.57. The number of morpholine rings is 1. The van der Waals surface area contributed by atoms with Crippen LogP contribution in [0.3, 0.4) is 0 Å². The summed E-state index contributed by atoms with van der Waals surface area (Å²) < 4.78 is 19.0. The molecule has 2 saturated heterocycles. The van der Waals surface area contributed by atoms with Crippen LogP contribution in [-0.4, -0.2) is 80.8 Å². The Labute approximate surface area is 203 Å². The molecule has 31 heavy (non-hydrogen) atoms. The fourth-order valence-electron chi connectivity index (χ4n) is 4.57. The van der Waals surface area contributed by atoms with Gasteiger partial charge in [0.05, 0.1) is 25.8 Å². The normalized spacial score (nSPS) is 23.9. The van der Waals surface area contributed by atoms with Crippen LogP contribution in [0.25, 0.3) is 0 Å². The molecule has 2 N–H and O–H groups in total. The summed E-state index contributed by atoms with van der Waals surface area (Å²) in [5, 5.41) is 6.96. The molecule has 2 heterocycles. The molecular formula is C23H37FIN5O. The van der Waals surface area contributed by atoms with Crippen molar-refractivity contribution in [1.29, 1.82) is 0 Å². The van der Waals surface area contributed by atoms with Gasteiger partial charge in [-0.05, 0) is 56.3 Å². The molecule has 2 atom stereocenters. The van der Waals surface area contributed by atoms with Gasteiger partial charge in [0.1, 0.15) is 5.82 Å². The van der Waals surface area contributed by atoms with E-state index in [4.69, 9.17) is 9.73 Å². The number of hydrogen-bond donors (Lipinski definition) is 2. The monoisotopic (exact) mass is 545 g/mol. The largest absolute Gasteiger partial charge is 0.379 e. The molecule has 0 spiro atoms. The van der Waals surface area contributed by atoms with Gasteiger partial charge in [-0.3, -0.25) is 9.89 Å². The zero-order valence-electron chi connectivity index (χ0n) is 18.6. The second-order valence-corrected chi connectivity index (χ2v) is 8.70. The third-order valence-electron chi connectivity index (χ3n) is 6.45. The maximum atomic E-state index is 13.5. The molecule has 8 heteroatoms. The van der Waals surface area contributed by atoms with Gasteiger partial charge in [0.25, 0.3) is 0 Å². The smallest absolute Gasteiger partial charge is 0.191 e. The highest BCUT2D eigenvalue weighted by atomic mass is 127. The van der Waals surface area contributed by atoms with Gasteiger partial charge in [0.15, 0.2) is 5.96 Å². The summed E-state index contributed by atoms with van der Waals surface area (Å²) in [5.41, 5.74) is 1.11. The Morgan fingerprint density at radius 2 is 1.87 bits per heavy atom. The van der Waals surface area contributed by atoms with Gasteiger partial charge in [-0.25, -0.2) is 4.39 Å². The molecule has 1 aromatic carbocycles. The van der Waals surface area contributed by atoms with Crippen LogP contribution in [0, 0.1) is 11.7 Å². The molecule has 0 bridgehead atoms. The summed E-state index contributed by atoms with van der Waals surface area (Å²) in [7, 11) is 0. The van der Waals surface area contributed by atoms with E-state index >= 15 is 0 Å². The van der Waals surface area contributed by atoms with Crippen LogP contribution in [0.15, 0.2) is 29.3 Å². The summed E-state index contributed by atoms with van der Waals surface area (Å²) in [6, 6.07) is 7.85. The molecular weight excluding hydrogens is 508 g/mol. The third-order valence-corrected chi connectivity index (χ3v) is 6.45. The van der Waals surface area contributed by atoms with Crippen molar-refractivity contribution in [2.24, 2.45) is 10.9 Å². The number of nitrogens with one attached hydrogen (secondary N) is 2. The van der Waals surface area contributed by atoms with E-state index in [1.54, 1.807) is 12.1 Å². The number of guanidine groups is 1. The number of ether oxygens (including phenoxy) is 1. The highest BCUT2D eigenvalue weighted by Gasteiger charge is 2.34. The molecule has 1 aromatic rings. The van der Waals surface area contributed by atoms with Crippen LogP contribution >= 0.6 is 24.0 Å². The molecule has 2 unspecified atom stereocenters. The summed E-state index contributed by atoms with van der Waals surface area (Å²) in [4.78, 5) is 9.97. The van der Waals surface area contributed by atoms with Gasteiger partial charge in [-0.1, -0.05) is 12.1 Å². The molecule has 1 aliphatic carbocycles. The number of rotatable bonds is 8. The van der Waals surface area contributed by atoms with Crippen LogP contribution in [0.5, 0.6) is 0 Å². The molecule has 3 aliphatic rings. The van der Waals surface area contributed by atoms with E-state index in [1.165, 1.54) is 32.4 Å². The van der Waals surface area contributed by atoms with Crippen molar-refractivity contribution in [2.75, 3.05) is 59.0 Å². The zero-order chi connectivity index (χ0) is 20.8. The van der Waals surface area contributed by atoms with Crippen LogP contribution in [0.2, 0.25) is 0 Å². The van der Waals surface area contributed by atoms with E-state index in [0.29, 0.717) is 12.5 Å². The molecule has 0 radical (unpaired) electrons. The molecule has 174 valence electrons. The molecule has 1 saturated carbocycles. The van der Waals surface area contributed by atoms with Crippen LogP contribution in [0.1, 0.15) is 37.8 Å². The first-order valence-corrected chi connectivity index (χ1v) is 11.6. The molecule has 0 aromatic heterocycles. The van der Waals surface area contributed by atoms with E-state index in [9.17, 15) is 4.39 Å². The van der Waals surface area contributed by atoms with Crippen LogP contribution in [0.4, 0.5) is 4.39 Å². The van der Waals surface area contributed by atoms with Gasteiger partial charge >= 0.3 is 0 Å². The minimum absolute atomic E-state index is 0. The summed E-state index contributed by atoms with van der Waals surface area (Å²) in [6.07, 6.45) is 4.04. The topological polar surface area (TPSA) is 52.1 Å². The van der Waals surface area contributed by atoms with Crippen molar-refractivity contribution in [3.63, 3.8) is 0 Å². The van der Waals surface area contributed by atoms with E-state index in [2.05, 4.69) is 27.4 Å². The van der Waals surface area contributed by atoms with Crippen molar-refractivity contribution in [3.8, 4) is 0 Å². The van der Waals surface area contributed by atoms with Gasteiger partial charge < -0.3 is 20.3 Å². The fraction of sp³-hybridized carbons (Fsp3) is 0.696. The van der Waals surface area contributed by atoms with Gasteiger partial charge in [-0.2, -0.15) is 0 Å². The lowest BCUT2D eigenvalue weighted by atomic mass is 10.0. The Morgan fingerprint density at radius 3 is 2.55 bits per heavy atom. The van der Waals surface area contributed by atoms with E-state index in [0.717, 1.165) is 57.0 Å². The Kier molecular flexibility index (Phi) is 9.80. The average molecular weight is 545 g/mol. The second kappa shape index (κ2) is 12.3. The molecule has 0 amide bonds. The highest BCUT2D eigenvalue weighted by molar-refractivity contribution is 14.0. The summed E-state index contributed by atoms with van der Waals surface area (Å²) >= 11 is 0. The van der Waals surface area contributed by atoms with Crippen LogP contribution < -0.4 is 10.6 Å². The van der Waals surface area contributed by atoms with Gasteiger partial charge in [0.2, 0.25) is 0 Å².